The van der Waals surface area contributed by atoms with Crippen LogP contribution in [0.2, 0.25) is 0 Å². The summed E-state index contributed by atoms with van der Waals surface area (Å²) >= 11 is 0. The highest BCUT2D eigenvalue weighted by Crippen LogP contribution is 2.32. The van der Waals surface area contributed by atoms with Gasteiger partial charge in [-0.05, 0) is 25.0 Å². The summed E-state index contributed by atoms with van der Waals surface area (Å²) in [5.74, 6) is 0.435. The Kier molecular flexibility index (Phi) is 7.09. The van der Waals surface area contributed by atoms with Crippen molar-refractivity contribution in [2.75, 3.05) is 62.6 Å². The lowest BCUT2D eigenvalue weighted by Gasteiger charge is -2.33. The number of halogens is 2. The minimum Gasteiger partial charge on any atom is -0.494 e. The molecule has 0 unspecified atom stereocenters. The molecule has 4 heterocycles. The van der Waals surface area contributed by atoms with Crippen LogP contribution in [0.3, 0.4) is 0 Å². The van der Waals surface area contributed by atoms with E-state index in [9.17, 15) is 17.2 Å². The summed E-state index contributed by atoms with van der Waals surface area (Å²) in [5.41, 5.74) is 0.639. The van der Waals surface area contributed by atoms with E-state index in [2.05, 4.69) is 24.7 Å². The Labute approximate surface area is 212 Å². The van der Waals surface area contributed by atoms with Gasteiger partial charge in [0.1, 0.15) is 11.3 Å². The molecule has 2 aliphatic heterocycles. The Morgan fingerprint density at radius 2 is 1.76 bits per heavy atom. The van der Waals surface area contributed by atoms with Gasteiger partial charge in [-0.25, -0.2) is 26.9 Å². The number of hydrogen-bond donors (Lipinski definition) is 1. The van der Waals surface area contributed by atoms with Crippen molar-refractivity contribution >= 4 is 33.0 Å². The van der Waals surface area contributed by atoms with E-state index in [1.165, 1.54) is 11.7 Å². The third-order valence-electron chi connectivity index (χ3n) is 6.27. The molecule has 37 heavy (non-hydrogen) atoms. The number of benzene rings is 1. The van der Waals surface area contributed by atoms with Crippen molar-refractivity contribution in [3.8, 4) is 11.7 Å². The lowest BCUT2D eigenvalue weighted by atomic mass is 10.1. The van der Waals surface area contributed by atoms with Gasteiger partial charge in [-0.1, -0.05) is 6.07 Å². The van der Waals surface area contributed by atoms with Gasteiger partial charge in [0.2, 0.25) is 27.9 Å². The first-order valence-electron chi connectivity index (χ1n) is 11.9. The van der Waals surface area contributed by atoms with Crippen molar-refractivity contribution in [1.29, 1.82) is 0 Å². The summed E-state index contributed by atoms with van der Waals surface area (Å²) in [6, 6.07) is 4.66. The van der Waals surface area contributed by atoms with Crippen molar-refractivity contribution < 1.29 is 26.7 Å². The van der Waals surface area contributed by atoms with Crippen LogP contribution in [0.4, 0.5) is 20.7 Å². The minimum atomic E-state index is -3.40. The molecular weight excluding hydrogens is 510 g/mol. The zero-order valence-electron chi connectivity index (χ0n) is 20.5. The fourth-order valence-corrected chi connectivity index (χ4v) is 5.46. The van der Waals surface area contributed by atoms with E-state index in [1.807, 2.05) is 9.80 Å². The van der Waals surface area contributed by atoms with Gasteiger partial charge in [-0.3, -0.25) is 4.57 Å². The van der Waals surface area contributed by atoms with E-state index in [0.29, 0.717) is 69.4 Å². The summed E-state index contributed by atoms with van der Waals surface area (Å²) in [4.78, 5) is 21.8. The maximum Gasteiger partial charge on any atom is 0.296 e. The van der Waals surface area contributed by atoms with Crippen LogP contribution in [0.25, 0.3) is 17.0 Å². The molecule has 0 bridgehead atoms. The van der Waals surface area contributed by atoms with Crippen molar-refractivity contribution in [2.24, 2.45) is 0 Å². The Bertz CT molecular complexity index is 1380. The number of hydrogen-bond acceptors (Lipinski definition) is 10. The number of rotatable bonds is 7. The van der Waals surface area contributed by atoms with Crippen LogP contribution in [0.5, 0.6) is 5.75 Å². The number of piperidine rings is 1. The zero-order valence-corrected chi connectivity index (χ0v) is 21.3. The molecule has 200 valence electrons. The van der Waals surface area contributed by atoms with Crippen LogP contribution in [0.1, 0.15) is 25.1 Å². The molecule has 1 aromatic carbocycles. The molecule has 2 fully saturated rings. The molecule has 1 atom stereocenters. The number of para-hydroxylation sites is 1. The Morgan fingerprint density at radius 1 is 1.05 bits per heavy atom. The lowest BCUT2D eigenvalue weighted by molar-refractivity contribution is 0.122. The Morgan fingerprint density at radius 3 is 2.43 bits per heavy atom. The first kappa shape index (κ1) is 25.5. The first-order chi connectivity index (χ1) is 17.7. The third kappa shape index (κ3) is 5.43. The molecule has 0 saturated carbocycles. The zero-order chi connectivity index (χ0) is 26.2. The molecule has 2 saturated heterocycles. The topological polar surface area (TPSA) is 128 Å². The summed E-state index contributed by atoms with van der Waals surface area (Å²) in [6.07, 6.45) is -0.413. The highest BCUT2D eigenvalue weighted by atomic mass is 32.2. The second-order valence-electron chi connectivity index (χ2n) is 8.94. The van der Waals surface area contributed by atoms with Crippen LogP contribution in [0.15, 0.2) is 18.2 Å². The molecule has 0 amide bonds. The van der Waals surface area contributed by atoms with Gasteiger partial charge in [0.05, 0.1) is 32.1 Å². The maximum atomic E-state index is 14.2. The monoisotopic (exact) mass is 538 g/mol. The number of sulfonamides is 1. The standard InChI is InChI=1S/C22H28F2N8O4S/c1-35-16-7-3-6-15-17(16)25-19(18(23)24)32(15)22-27-20(30-9-11-36-12-10-30)26-21(28-22)31-8-4-5-14(13-31)29-37(2,33)34/h3,6-7,14,18,29H,4-5,8-13H2,1-2H3/t14-/m1/s1. The minimum absolute atomic E-state index is 0.00394. The fraction of sp³-hybridized carbons (Fsp3) is 0.545. The number of fused-ring (bicyclic) bond motifs is 1. The molecule has 0 aliphatic carbocycles. The largest absolute Gasteiger partial charge is 0.494 e. The van der Waals surface area contributed by atoms with E-state index >= 15 is 0 Å². The summed E-state index contributed by atoms with van der Waals surface area (Å²) in [5, 5.41) is 0. The van der Waals surface area contributed by atoms with Gasteiger partial charge in [0, 0.05) is 32.2 Å². The second-order valence-corrected chi connectivity index (χ2v) is 10.7. The fourth-order valence-electron chi connectivity index (χ4n) is 4.66. The maximum absolute atomic E-state index is 14.2. The summed E-state index contributed by atoms with van der Waals surface area (Å²) < 4.78 is 66.7. The number of anilines is 2. The quantitative estimate of drug-likeness (QED) is 0.473. The summed E-state index contributed by atoms with van der Waals surface area (Å²) in [6.45, 7) is 2.93. The van der Waals surface area contributed by atoms with Gasteiger partial charge < -0.3 is 19.3 Å². The van der Waals surface area contributed by atoms with Crippen LogP contribution >= 0.6 is 0 Å². The van der Waals surface area contributed by atoms with Gasteiger partial charge >= 0.3 is 0 Å². The molecule has 5 rings (SSSR count). The number of imidazole rings is 1. The van der Waals surface area contributed by atoms with Gasteiger partial charge in [0.15, 0.2) is 5.82 Å². The third-order valence-corrected chi connectivity index (χ3v) is 7.03. The van der Waals surface area contributed by atoms with Crippen LogP contribution in [-0.4, -0.2) is 91.7 Å². The van der Waals surface area contributed by atoms with Gasteiger partial charge in [0.25, 0.3) is 6.43 Å². The van der Waals surface area contributed by atoms with E-state index in [0.717, 1.165) is 6.26 Å². The molecule has 0 radical (unpaired) electrons. The van der Waals surface area contributed by atoms with Crippen LogP contribution < -0.4 is 19.3 Å². The van der Waals surface area contributed by atoms with Crippen molar-refractivity contribution in [1.82, 2.24) is 29.2 Å². The number of alkyl halides is 2. The number of nitrogens with zero attached hydrogens (tertiary/aromatic N) is 7. The molecule has 0 spiro atoms. The highest BCUT2D eigenvalue weighted by Gasteiger charge is 2.29. The lowest BCUT2D eigenvalue weighted by Crippen LogP contribution is -2.48. The number of ether oxygens (including phenoxy) is 2. The Hall–Kier alpha value is -3.17. The van der Waals surface area contributed by atoms with Gasteiger partial charge in [-0.15, -0.1) is 0 Å². The average Bonchev–Trinajstić information content (AvgIpc) is 3.28. The SMILES string of the molecule is COc1cccc2c1nc(C(F)F)n2-c1nc(N2CCOCC2)nc(N2CCC[C@@H](NS(C)(=O)=O)C2)n1. The van der Waals surface area contributed by atoms with Crippen molar-refractivity contribution in [3.05, 3.63) is 24.0 Å². The Balaban J connectivity index is 1.64. The molecule has 2 aliphatic rings. The molecule has 2 aromatic heterocycles. The van der Waals surface area contributed by atoms with Crippen LogP contribution in [-0.2, 0) is 14.8 Å². The molecular formula is C22H28F2N8O4S. The van der Waals surface area contributed by atoms with E-state index < -0.39 is 22.3 Å². The van der Waals surface area contributed by atoms with E-state index in [-0.39, 0.29) is 23.5 Å². The number of methoxy groups -OCH3 is 1. The second kappa shape index (κ2) is 10.3. The highest BCUT2D eigenvalue weighted by molar-refractivity contribution is 7.88. The average molecular weight is 539 g/mol. The van der Waals surface area contributed by atoms with E-state index in [4.69, 9.17) is 9.47 Å². The predicted octanol–water partition coefficient (Wildman–Crippen LogP) is 1.51. The molecule has 12 nitrogen and oxygen atoms in total. The normalized spacial score (nSPS) is 19.1. The molecule has 3 aromatic rings. The van der Waals surface area contributed by atoms with Crippen LogP contribution in [0, 0.1) is 0 Å². The molecule has 1 N–H and O–H groups in total. The number of morpholine rings is 1. The van der Waals surface area contributed by atoms with Gasteiger partial charge in [-0.2, -0.15) is 15.0 Å². The predicted molar refractivity (Wildman–Crippen MR) is 132 cm³/mol. The van der Waals surface area contributed by atoms with Crippen molar-refractivity contribution in [2.45, 2.75) is 25.3 Å². The number of nitrogens with one attached hydrogen (secondary N) is 1. The first-order valence-corrected chi connectivity index (χ1v) is 13.8. The van der Waals surface area contributed by atoms with E-state index in [1.54, 1.807) is 18.2 Å². The molecule has 15 heteroatoms. The van der Waals surface area contributed by atoms with Crippen molar-refractivity contribution in [3.63, 3.8) is 0 Å². The summed E-state index contributed by atoms with van der Waals surface area (Å²) in [7, 11) is -1.95. The number of aromatic nitrogens is 5. The smallest absolute Gasteiger partial charge is 0.296 e.